The molecule has 88 valence electrons. The van der Waals surface area contributed by atoms with E-state index < -0.39 is 10.0 Å². The molecule has 0 amide bonds. The molecule has 0 aliphatic heterocycles. The van der Waals surface area contributed by atoms with Crippen LogP contribution in [0.5, 0.6) is 5.75 Å². The van der Waals surface area contributed by atoms with Gasteiger partial charge in [0.25, 0.3) is 10.0 Å². The Morgan fingerprint density at radius 2 is 1.71 bits per heavy atom. The van der Waals surface area contributed by atoms with Gasteiger partial charge in [-0.2, -0.15) is 0 Å². The first-order valence-electron chi connectivity index (χ1n) is 4.67. The smallest absolute Gasteiger partial charge is 0.267 e. The summed E-state index contributed by atoms with van der Waals surface area (Å²) in [5.41, 5.74) is 0. The Hall–Kier alpha value is -2.15. The third-order valence-corrected chi connectivity index (χ3v) is 3.32. The summed E-state index contributed by atoms with van der Waals surface area (Å²) in [6, 6.07) is 7.20. The van der Waals surface area contributed by atoms with Crippen molar-refractivity contribution < 1.29 is 13.5 Å². The van der Waals surface area contributed by atoms with Crippen LogP contribution in [0.15, 0.2) is 47.6 Å². The van der Waals surface area contributed by atoms with E-state index in [1.165, 1.54) is 36.7 Å². The van der Waals surface area contributed by atoms with Crippen LogP contribution in [-0.4, -0.2) is 23.5 Å². The van der Waals surface area contributed by atoms with Gasteiger partial charge < -0.3 is 5.11 Å². The molecule has 2 rings (SSSR count). The molecular weight excluding hydrogens is 242 g/mol. The molecule has 0 bridgehead atoms. The number of para-hydroxylation sites is 1. The number of benzene rings is 1. The van der Waals surface area contributed by atoms with Crippen LogP contribution in [0.3, 0.4) is 0 Å². The topological polar surface area (TPSA) is 92.2 Å². The number of anilines is 1. The minimum Gasteiger partial charge on any atom is -0.507 e. The number of nitrogens with one attached hydrogen (secondary N) is 1. The molecule has 0 radical (unpaired) electrons. The number of sulfonamides is 1. The molecule has 0 aliphatic carbocycles. The molecular formula is C10H9N3O3S. The SMILES string of the molecule is O=S(=O)(Nc1ncccn1)c1ccccc1O. The number of phenolic OH excluding ortho intramolecular Hbond substituents is 1. The molecule has 1 heterocycles. The number of aromatic nitrogens is 2. The van der Waals surface area contributed by atoms with Gasteiger partial charge in [0.1, 0.15) is 10.6 Å². The summed E-state index contributed by atoms with van der Waals surface area (Å²) in [6.07, 6.45) is 2.82. The van der Waals surface area contributed by atoms with Gasteiger partial charge in [-0.3, -0.25) is 0 Å². The predicted octanol–water partition coefficient (Wildman–Crippen LogP) is 0.983. The zero-order chi connectivity index (χ0) is 12.3. The molecule has 0 saturated carbocycles. The van der Waals surface area contributed by atoms with Gasteiger partial charge in [-0.15, -0.1) is 0 Å². The van der Waals surface area contributed by atoms with Crippen LogP contribution in [0.1, 0.15) is 0 Å². The van der Waals surface area contributed by atoms with Crippen molar-refractivity contribution in [2.75, 3.05) is 4.72 Å². The average molecular weight is 251 g/mol. The van der Waals surface area contributed by atoms with Gasteiger partial charge in [0, 0.05) is 12.4 Å². The molecule has 0 saturated heterocycles. The number of hydrogen-bond acceptors (Lipinski definition) is 5. The van der Waals surface area contributed by atoms with Crippen LogP contribution < -0.4 is 4.72 Å². The van der Waals surface area contributed by atoms with E-state index in [-0.39, 0.29) is 16.6 Å². The van der Waals surface area contributed by atoms with Gasteiger partial charge in [0.15, 0.2) is 0 Å². The van der Waals surface area contributed by atoms with E-state index >= 15 is 0 Å². The van der Waals surface area contributed by atoms with Gasteiger partial charge in [-0.25, -0.2) is 23.1 Å². The second-order valence-corrected chi connectivity index (χ2v) is 4.80. The normalized spacial score (nSPS) is 11.1. The summed E-state index contributed by atoms with van der Waals surface area (Å²) in [7, 11) is -3.87. The highest BCUT2D eigenvalue weighted by molar-refractivity contribution is 7.92. The van der Waals surface area contributed by atoms with Crippen LogP contribution in [0.25, 0.3) is 0 Å². The fourth-order valence-electron chi connectivity index (χ4n) is 1.21. The third kappa shape index (κ3) is 2.51. The first kappa shape index (κ1) is 11.3. The number of nitrogens with zero attached hydrogens (tertiary/aromatic N) is 2. The van der Waals surface area contributed by atoms with Gasteiger partial charge >= 0.3 is 0 Å². The molecule has 2 N–H and O–H groups in total. The number of phenols is 1. The lowest BCUT2D eigenvalue weighted by molar-refractivity contribution is 0.459. The van der Waals surface area contributed by atoms with E-state index in [4.69, 9.17) is 0 Å². The van der Waals surface area contributed by atoms with Crippen LogP contribution in [-0.2, 0) is 10.0 Å². The summed E-state index contributed by atoms with van der Waals surface area (Å²) >= 11 is 0. The predicted molar refractivity (Wildman–Crippen MR) is 60.9 cm³/mol. The van der Waals surface area contributed by atoms with Crippen molar-refractivity contribution in [3.63, 3.8) is 0 Å². The number of hydrogen-bond donors (Lipinski definition) is 2. The zero-order valence-electron chi connectivity index (χ0n) is 8.61. The van der Waals surface area contributed by atoms with Crippen molar-refractivity contribution in [2.45, 2.75) is 4.90 Å². The van der Waals surface area contributed by atoms with Crippen LogP contribution in [0, 0.1) is 0 Å². The molecule has 2 aromatic rings. The van der Waals surface area contributed by atoms with Crippen molar-refractivity contribution in [3.8, 4) is 5.75 Å². The number of aromatic hydroxyl groups is 1. The average Bonchev–Trinajstić information content (AvgIpc) is 2.30. The van der Waals surface area contributed by atoms with Gasteiger partial charge in [0.2, 0.25) is 5.95 Å². The van der Waals surface area contributed by atoms with Crippen molar-refractivity contribution in [2.24, 2.45) is 0 Å². The lowest BCUT2D eigenvalue weighted by Crippen LogP contribution is -2.14. The lowest BCUT2D eigenvalue weighted by Gasteiger charge is -2.07. The highest BCUT2D eigenvalue weighted by Crippen LogP contribution is 2.22. The largest absolute Gasteiger partial charge is 0.507 e. The van der Waals surface area contributed by atoms with Crippen molar-refractivity contribution in [1.29, 1.82) is 0 Å². The Labute approximate surface area is 98.0 Å². The molecule has 1 aromatic carbocycles. The highest BCUT2D eigenvalue weighted by atomic mass is 32.2. The molecule has 0 spiro atoms. The lowest BCUT2D eigenvalue weighted by atomic mass is 10.3. The van der Waals surface area contributed by atoms with E-state index in [1.54, 1.807) is 6.07 Å². The minimum atomic E-state index is -3.87. The van der Waals surface area contributed by atoms with Crippen molar-refractivity contribution in [1.82, 2.24) is 9.97 Å². The Balaban J connectivity index is 2.36. The monoisotopic (exact) mass is 251 g/mol. The zero-order valence-corrected chi connectivity index (χ0v) is 9.42. The molecule has 0 unspecified atom stereocenters. The maximum Gasteiger partial charge on any atom is 0.267 e. The first-order chi connectivity index (χ1) is 8.09. The Morgan fingerprint density at radius 3 is 2.35 bits per heavy atom. The van der Waals surface area contributed by atoms with Gasteiger partial charge in [0.05, 0.1) is 0 Å². The van der Waals surface area contributed by atoms with Gasteiger partial charge in [-0.1, -0.05) is 12.1 Å². The van der Waals surface area contributed by atoms with Crippen LogP contribution >= 0.6 is 0 Å². The molecule has 0 aliphatic rings. The fraction of sp³-hybridized carbons (Fsp3) is 0. The van der Waals surface area contributed by atoms with E-state index in [1.807, 2.05) is 0 Å². The standard InChI is InChI=1S/C10H9N3O3S/c14-8-4-1-2-5-9(8)17(15,16)13-10-11-6-3-7-12-10/h1-7,14H,(H,11,12,13). The van der Waals surface area contributed by atoms with E-state index in [2.05, 4.69) is 14.7 Å². The van der Waals surface area contributed by atoms with Crippen molar-refractivity contribution >= 4 is 16.0 Å². The molecule has 0 fully saturated rings. The van der Waals surface area contributed by atoms with Crippen molar-refractivity contribution in [3.05, 3.63) is 42.7 Å². The third-order valence-electron chi connectivity index (χ3n) is 1.95. The molecule has 7 heteroatoms. The minimum absolute atomic E-state index is 0.0456. The van der Waals surface area contributed by atoms with Gasteiger partial charge in [-0.05, 0) is 18.2 Å². The van der Waals surface area contributed by atoms with E-state index in [9.17, 15) is 13.5 Å². The number of rotatable bonds is 3. The quantitative estimate of drug-likeness (QED) is 0.848. The summed E-state index contributed by atoms with van der Waals surface area (Å²) in [5, 5.41) is 9.46. The molecule has 1 aromatic heterocycles. The second-order valence-electron chi connectivity index (χ2n) is 3.15. The summed E-state index contributed by atoms with van der Waals surface area (Å²) in [5.74, 6) is -0.369. The Morgan fingerprint density at radius 1 is 1.06 bits per heavy atom. The van der Waals surface area contributed by atoms with E-state index in [0.29, 0.717) is 0 Å². The Kier molecular flexibility index (Phi) is 2.92. The Bertz CT molecular complexity index is 614. The maximum atomic E-state index is 11.9. The molecule has 6 nitrogen and oxygen atoms in total. The summed E-state index contributed by atoms with van der Waals surface area (Å²) in [4.78, 5) is 7.26. The second kappa shape index (κ2) is 4.38. The first-order valence-corrected chi connectivity index (χ1v) is 6.16. The highest BCUT2D eigenvalue weighted by Gasteiger charge is 2.18. The summed E-state index contributed by atoms with van der Waals surface area (Å²) in [6.45, 7) is 0. The van der Waals surface area contributed by atoms with Crippen LogP contribution in [0.4, 0.5) is 5.95 Å². The van der Waals surface area contributed by atoms with Crippen LogP contribution in [0.2, 0.25) is 0 Å². The van der Waals surface area contributed by atoms with E-state index in [0.717, 1.165) is 0 Å². The fourth-order valence-corrected chi connectivity index (χ4v) is 2.27. The molecule has 0 atom stereocenters. The maximum absolute atomic E-state index is 11.9. The summed E-state index contributed by atoms with van der Waals surface area (Å²) < 4.78 is 25.9. The molecule has 17 heavy (non-hydrogen) atoms.